The molecule has 1 aromatic rings. The van der Waals surface area contributed by atoms with E-state index in [0.717, 1.165) is 31.7 Å². The van der Waals surface area contributed by atoms with E-state index in [1.807, 2.05) is 6.92 Å². The summed E-state index contributed by atoms with van der Waals surface area (Å²) in [5.74, 6) is 0.389. The number of thiazole rings is 1. The molecule has 2 unspecified atom stereocenters. The molecule has 1 saturated heterocycles. The van der Waals surface area contributed by atoms with Gasteiger partial charge in [0.05, 0.1) is 12.6 Å². The molecule has 2 rings (SSSR count). The first kappa shape index (κ1) is 11.0. The lowest BCUT2D eigenvalue weighted by Gasteiger charge is -2.33. The van der Waals surface area contributed by atoms with Crippen LogP contribution in [-0.2, 0) is 6.54 Å². The summed E-state index contributed by atoms with van der Waals surface area (Å²) in [5.41, 5.74) is 1.11. The number of hydrogen-bond acceptors (Lipinski definition) is 4. The third kappa shape index (κ3) is 2.77. The summed E-state index contributed by atoms with van der Waals surface area (Å²) in [5, 5.41) is 12.9. The molecule has 0 bridgehead atoms. The van der Waals surface area contributed by atoms with Crippen LogP contribution in [0.2, 0.25) is 0 Å². The van der Waals surface area contributed by atoms with Crippen molar-refractivity contribution in [1.82, 2.24) is 9.88 Å². The number of likely N-dealkylation sites (tertiary alicyclic amines) is 1. The van der Waals surface area contributed by atoms with Gasteiger partial charge in [0.25, 0.3) is 0 Å². The fourth-order valence-corrected chi connectivity index (χ4v) is 2.84. The monoisotopic (exact) mass is 226 g/mol. The average Bonchev–Trinajstić information content (AvgIpc) is 2.58. The highest BCUT2D eigenvalue weighted by atomic mass is 32.1. The number of aryl methyl sites for hydroxylation is 1. The van der Waals surface area contributed by atoms with Crippen LogP contribution in [0.15, 0.2) is 5.38 Å². The lowest BCUT2D eigenvalue weighted by atomic mass is 9.97. The minimum absolute atomic E-state index is 0.112. The van der Waals surface area contributed by atoms with Crippen molar-refractivity contribution in [3.8, 4) is 0 Å². The number of aliphatic hydroxyl groups excluding tert-OH is 1. The summed E-state index contributed by atoms with van der Waals surface area (Å²) in [6.07, 6.45) is 0.783. The molecule has 1 N–H and O–H groups in total. The molecule has 0 aliphatic carbocycles. The van der Waals surface area contributed by atoms with Crippen LogP contribution in [0.5, 0.6) is 0 Å². The van der Waals surface area contributed by atoms with E-state index >= 15 is 0 Å². The van der Waals surface area contributed by atoms with Gasteiger partial charge in [0.15, 0.2) is 0 Å². The second-order valence-corrected chi connectivity index (χ2v) is 5.39. The number of aromatic nitrogens is 1. The molecule has 2 heterocycles. The van der Waals surface area contributed by atoms with Crippen LogP contribution < -0.4 is 0 Å². The number of piperidine rings is 1. The molecule has 0 aromatic carbocycles. The summed E-state index contributed by atoms with van der Waals surface area (Å²) < 4.78 is 0. The standard InChI is InChI=1S/C11H18N2OS/c1-8-5-13(4-3-10(8)14)6-11-12-9(2)7-15-11/h7-8,10,14H,3-6H2,1-2H3. The molecule has 0 amide bonds. The molecule has 1 aliphatic heterocycles. The molecule has 15 heavy (non-hydrogen) atoms. The Morgan fingerprint density at radius 1 is 1.67 bits per heavy atom. The third-order valence-electron chi connectivity index (χ3n) is 2.97. The fraction of sp³-hybridized carbons (Fsp3) is 0.727. The number of hydrogen-bond donors (Lipinski definition) is 1. The summed E-state index contributed by atoms with van der Waals surface area (Å²) in [4.78, 5) is 6.85. The van der Waals surface area contributed by atoms with E-state index < -0.39 is 0 Å². The van der Waals surface area contributed by atoms with Crippen molar-refractivity contribution in [3.05, 3.63) is 16.1 Å². The van der Waals surface area contributed by atoms with Gasteiger partial charge in [0.1, 0.15) is 5.01 Å². The van der Waals surface area contributed by atoms with Gasteiger partial charge >= 0.3 is 0 Å². The van der Waals surface area contributed by atoms with Gasteiger partial charge in [0.2, 0.25) is 0 Å². The molecular weight excluding hydrogens is 208 g/mol. The smallest absolute Gasteiger partial charge is 0.107 e. The maximum Gasteiger partial charge on any atom is 0.107 e. The van der Waals surface area contributed by atoms with Crippen molar-refractivity contribution in [3.63, 3.8) is 0 Å². The summed E-state index contributed by atoms with van der Waals surface area (Å²) >= 11 is 1.73. The molecule has 3 nitrogen and oxygen atoms in total. The van der Waals surface area contributed by atoms with Crippen molar-refractivity contribution >= 4 is 11.3 Å². The largest absolute Gasteiger partial charge is 0.393 e. The molecule has 0 radical (unpaired) electrons. The van der Waals surface area contributed by atoms with Gasteiger partial charge in [-0.15, -0.1) is 11.3 Å². The summed E-state index contributed by atoms with van der Waals surface area (Å²) in [6, 6.07) is 0. The Morgan fingerprint density at radius 2 is 2.47 bits per heavy atom. The lowest BCUT2D eigenvalue weighted by Crippen LogP contribution is -2.41. The van der Waals surface area contributed by atoms with E-state index in [1.165, 1.54) is 5.01 Å². The van der Waals surface area contributed by atoms with Crippen LogP contribution in [0.1, 0.15) is 24.0 Å². The van der Waals surface area contributed by atoms with Gasteiger partial charge in [-0.3, -0.25) is 4.90 Å². The van der Waals surface area contributed by atoms with Crippen LogP contribution in [0.4, 0.5) is 0 Å². The van der Waals surface area contributed by atoms with E-state index in [4.69, 9.17) is 0 Å². The van der Waals surface area contributed by atoms with Crippen molar-refractivity contribution in [2.45, 2.75) is 32.9 Å². The van der Waals surface area contributed by atoms with Gasteiger partial charge in [-0.2, -0.15) is 0 Å². The van der Waals surface area contributed by atoms with Crippen molar-refractivity contribution in [1.29, 1.82) is 0 Å². The van der Waals surface area contributed by atoms with Crippen molar-refractivity contribution in [2.75, 3.05) is 13.1 Å². The minimum atomic E-state index is -0.112. The Hall–Kier alpha value is -0.450. The predicted octanol–water partition coefficient (Wildman–Crippen LogP) is 1.65. The fourth-order valence-electron chi connectivity index (χ4n) is 2.03. The van der Waals surface area contributed by atoms with E-state index in [0.29, 0.717) is 5.92 Å². The highest BCUT2D eigenvalue weighted by Gasteiger charge is 2.24. The third-order valence-corrected chi connectivity index (χ3v) is 3.92. The van der Waals surface area contributed by atoms with E-state index in [9.17, 15) is 5.11 Å². The molecule has 1 aliphatic rings. The second kappa shape index (κ2) is 4.60. The van der Waals surface area contributed by atoms with Crippen molar-refractivity contribution < 1.29 is 5.11 Å². The SMILES string of the molecule is Cc1csc(CN2CCC(O)C(C)C2)n1. The van der Waals surface area contributed by atoms with Gasteiger partial charge in [0, 0.05) is 24.2 Å². The first-order valence-electron chi connectivity index (χ1n) is 5.46. The maximum atomic E-state index is 9.63. The second-order valence-electron chi connectivity index (χ2n) is 4.45. The molecule has 1 fully saturated rings. The molecular formula is C11H18N2OS. The number of rotatable bonds is 2. The van der Waals surface area contributed by atoms with E-state index in [-0.39, 0.29) is 6.10 Å². The highest BCUT2D eigenvalue weighted by molar-refractivity contribution is 7.09. The quantitative estimate of drug-likeness (QED) is 0.833. The van der Waals surface area contributed by atoms with E-state index in [2.05, 4.69) is 22.2 Å². The van der Waals surface area contributed by atoms with Gasteiger partial charge in [-0.25, -0.2) is 4.98 Å². The first-order valence-corrected chi connectivity index (χ1v) is 6.34. The number of aliphatic hydroxyl groups is 1. The Labute approximate surface area is 94.8 Å². The predicted molar refractivity (Wildman–Crippen MR) is 61.9 cm³/mol. The summed E-state index contributed by atoms with van der Waals surface area (Å²) in [6.45, 7) is 7.06. The maximum absolute atomic E-state index is 9.63. The van der Waals surface area contributed by atoms with Crippen LogP contribution in [0.25, 0.3) is 0 Å². The molecule has 4 heteroatoms. The Balaban J connectivity index is 1.90. The highest BCUT2D eigenvalue weighted by Crippen LogP contribution is 2.19. The zero-order valence-corrected chi connectivity index (χ0v) is 10.1. The van der Waals surface area contributed by atoms with Crippen LogP contribution in [0.3, 0.4) is 0 Å². The molecule has 0 saturated carbocycles. The topological polar surface area (TPSA) is 36.4 Å². The number of nitrogens with zero attached hydrogens (tertiary/aromatic N) is 2. The Kier molecular flexibility index (Phi) is 3.38. The lowest BCUT2D eigenvalue weighted by molar-refractivity contribution is 0.0320. The van der Waals surface area contributed by atoms with Crippen LogP contribution in [-0.4, -0.2) is 34.2 Å². The Bertz CT molecular complexity index is 326. The van der Waals surface area contributed by atoms with Crippen molar-refractivity contribution in [2.24, 2.45) is 5.92 Å². The van der Waals surface area contributed by atoms with E-state index in [1.54, 1.807) is 11.3 Å². The molecule has 1 aromatic heterocycles. The minimum Gasteiger partial charge on any atom is -0.393 e. The average molecular weight is 226 g/mol. The first-order chi connectivity index (χ1) is 7.15. The summed E-state index contributed by atoms with van der Waals surface area (Å²) in [7, 11) is 0. The van der Waals surface area contributed by atoms with Crippen LogP contribution in [0, 0.1) is 12.8 Å². The Morgan fingerprint density at radius 3 is 3.07 bits per heavy atom. The zero-order valence-electron chi connectivity index (χ0n) is 9.31. The molecule has 84 valence electrons. The molecule has 0 spiro atoms. The zero-order chi connectivity index (χ0) is 10.8. The van der Waals surface area contributed by atoms with Gasteiger partial charge < -0.3 is 5.11 Å². The van der Waals surface area contributed by atoms with Gasteiger partial charge in [-0.05, 0) is 19.3 Å². The van der Waals surface area contributed by atoms with Crippen LogP contribution >= 0.6 is 11.3 Å². The molecule has 2 atom stereocenters. The normalized spacial score (nSPS) is 28.2. The van der Waals surface area contributed by atoms with Gasteiger partial charge in [-0.1, -0.05) is 6.92 Å².